The highest BCUT2D eigenvalue weighted by Crippen LogP contribution is 2.37. The van der Waals surface area contributed by atoms with Crippen LogP contribution >= 0.6 is 0 Å². The van der Waals surface area contributed by atoms with Gasteiger partial charge in [-0.25, -0.2) is 15.0 Å². The second-order valence-corrected chi connectivity index (χ2v) is 13.3. The second-order valence-electron chi connectivity index (χ2n) is 13.3. The molecule has 0 aliphatic carbocycles. The van der Waals surface area contributed by atoms with Gasteiger partial charge in [0.25, 0.3) is 0 Å². The van der Waals surface area contributed by atoms with Crippen LogP contribution in [0.25, 0.3) is 89.8 Å². The fraction of sp³-hybridized carbons (Fsp3) is 0. The summed E-state index contributed by atoms with van der Waals surface area (Å²) in [6, 6.07) is 74.1. The monoisotopic (exact) mass is 689 g/mol. The SMILES string of the molecule is c1ccc(-c2ccc(-c3nc(-c4cccc(-c5cccc(-c6ccccc6)c5)c4)nc(-c4cc(-c5ccccc5)ccc4-c4ccccc4)n3)cc2)cc1. The fourth-order valence-corrected chi connectivity index (χ4v) is 6.95. The van der Waals surface area contributed by atoms with E-state index in [4.69, 9.17) is 15.0 Å². The minimum Gasteiger partial charge on any atom is -0.208 e. The molecular formula is C51H35N3. The van der Waals surface area contributed by atoms with E-state index in [-0.39, 0.29) is 0 Å². The Balaban J connectivity index is 1.21. The smallest absolute Gasteiger partial charge is 0.164 e. The Morgan fingerprint density at radius 1 is 0.185 bits per heavy atom. The van der Waals surface area contributed by atoms with Crippen molar-refractivity contribution in [3.8, 4) is 89.8 Å². The molecule has 1 heterocycles. The van der Waals surface area contributed by atoms with E-state index in [0.29, 0.717) is 17.5 Å². The zero-order chi connectivity index (χ0) is 36.1. The Labute approximate surface area is 316 Å². The van der Waals surface area contributed by atoms with Gasteiger partial charge in [0, 0.05) is 16.7 Å². The predicted molar refractivity (Wildman–Crippen MR) is 223 cm³/mol. The summed E-state index contributed by atoms with van der Waals surface area (Å²) in [5.74, 6) is 1.86. The van der Waals surface area contributed by atoms with Gasteiger partial charge in [-0.3, -0.25) is 0 Å². The van der Waals surface area contributed by atoms with E-state index >= 15 is 0 Å². The molecule has 0 amide bonds. The quantitative estimate of drug-likeness (QED) is 0.159. The molecule has 0 N–H and O–H groups in total. The molecular weight excluding hydrogens is 655 g/mol. The maximum atomic E-state index is 5.26. The lowest BCUT2D eigenvalue weighted by molar-refractivity contribution is 1.07. The van der Waals surface area contributed by atoms with Crippen LogP contribution in [-0.4, -0.2) is 15.0 Å². The van der Waals surface area contributed by atoms with Gasteiger partial charge in [-0.15, -0.1) is 0 Å². The van der Waals surface area contributed by atoms with Crippen LogP contribution < -0.4 is 0 Å². The van der Waals surface area contributed by atoms with E-state index < -0.39 is 0 Å². The van der Waals surface area contributed by atoms with Crippen LogP contribution in [0, 0.1) is 0 Å². The molecule has 3 nitrogen and oxygen atoms in total. The fourth-order valence-electron chi connectivity index (χ4n) is 6.95. The molecule has 9 aromatic rings. The van der Waals surface area contributed by atoms with Crippen molar-refractivity contribution in [2.24, 2.45) is 0 Å². The molecule has 0 saturated carbocycles. The van der Waals surface area contributed by atoms with Gasteiger partial charge in [-0.1, -0.05) is 194 Å². The molecule has 0 aliphatic rings. The number of aromatic nitrogens is 3. The van der Waals surface area contributed by atoms with E-state index in [2.05, 4.69) is 188 Å². The number of nitrogens with zero attached hydrogens (tertiary/aromatic N) is 3. The van der Waals surface area contributed by atoms with Gasteiger partial charge in [-0.2, -0.15) is 0 Å². The average Bonchev–Trinajstić information content (AvgIpc) is 3.27. The molecule has 0 saturated heterocycles. The highest BCUT2D eigenvalue weighted by Gasteiger charge is 2.18. The van der Waals surface area contributed by atoms with Gasteiger partial charge in [0.05, 0.1) is 0 Å². The lowest BCUT2D eigenvalue weighted by Gasteiger charge is -2.14. The number of hydrogen-bond acceptors (Lipinski definition) is 3. The highest BCUT2D eigenvalue weighted by atomic mass is 15.0. The molecule has 0 bridgehead atoms. The first-order valence-electron chi connectivity index (χ1n) is 18.2. The Morgan fingerprint density at radius 2 is 0.519 bits per heavy atom. The van der Waals surface area contributed by atoms with Crippen LogP contribution in [-0.2, 0) is 0 Å². The zero-order valence-corrected chi connectivity index (χ0v) is 29.5. The molecule has 0 unspecified atom stereocenters. The molecule has 0 atom stereocenters. The maximum absolute atomic E-state index is 5.26. The van der Waals surface area contributed by atoms with Crippen LogP contribution in [0.3, 0.4) is 0 Å². The van der Waals surface area contributed by atoms with Crippen LogP contribution in [0.4, 0.5) is 0 Å². The van der Waals surface area contributed by atoms with Crippen LogP contribution in [0.2, 0.25) is 0 Å². The summed E-state index contributed by atoms with van der Waals surface area (Å²) in [6.07, 6.45) is 0. The van der Waals surface area contributed by atoms with Gasteiger partial charge < -0.3 is 0 Å². The lowest BCUT2D eigenvalue weighted by Crippen LogP contribution is -2.01. The van der Waals surface area contributed by atoms with Gasteiger partial charge >= 0.3 is 0 Å². The van der Waals surface area contributed by atoms with E-state index in [9.17, 15) is 0 Å². The molecule has 0 radical (unpaired) electrons. The summed E-state index contributed by atoms with van der Waals surface area (Å²) >= 11 is 0. The minimum atomic E-state index is 0.618. The maximum Gasteiger partial charge on any atom is 0.164 e. The molecule has 1 aromatic heterocycles. The van der Waals surface area contributed by atoms with Crippen molar-refractivity contribution in [3.05, 3.63) is 212 Å². The number of hydrogen-bond donors (Lipinski definition) is 0. The third-order valence-corrected chi connectivity index (χ3v) is 9.76. The first-order valence-corrected chi connectivity index (χ1v) is 18.2. The standard InChI is InChI=1S/C51H35N3/c1-5-15-36(16-6-1)39-27-29-41(30-28-39)49-52-50(46-26-14-25-44(34-46)43-24-13-23-42(33-43)37-17-7-2-8-18-37)54-51(53-49)48-35-45(38-19-9-3-10-20-38)31-32-47(48)40-21-11-4-12-22-40/h1-35H. The lowest BCUT2D eigenvalue weighted by atomic mass is 9.94. The van der Waals surface area contributed by atoms with Crippen molar-refractivity contribution in [3.63, 3.8) is 0 Å². The Hall–Kier alpha value is -7.23. The van der Waals surface area contributed by atoms with Crippen LogP contribution in [0.5, 0.6) is 0 Å². The minimum absolute atomic E-state index is 0.618. The molecule has 254 valence electrons. The van der Waals surface area contributed by atoms with Crippen molar-refractivity contribution in [1.82, 2.24) is 15.0 Å². The second kappa shape index (κ2) is 14.8. The zero-order valence-electron chi connectivity index (χ0n) is 29.5. The molecule has 0 fully saturated rings. The van der Waals surface area contributed by atoms with Crippen molar-refractivity contribution in [1.29, 1.82) is 0 Å². The largest absolute Gasteiger partial charge is 0.208 e. The van der Waals surface area contributed by atoms with Crippen molar-refractivity contribution < 1.29 is 0 Å². The van der Waals surface area contributed by atoms with Gasteiger partial charge in [0.2, 0.25) is 0 Å². The van der Waals surface area contributed by atoms with Crippen LogP contribution in [0.1, 0.15) is 0 Å². The van der Waals surface area contributed by atoms with Gasteiger partial charge in [0.1, 0.15) is 0 Å². The number of benzene rings is 8. The summed E-state index contributed by atoms with van der Waals surface area (Å²) in [6.45, 7) is 0. The van der Waals surface area contributed by atoms with Crippen LogP contribution in [0.15, 0.2) is 212 Å². The van der Waals surface area contributed by atoms with Gasteiger partial charge in [-0.05, 0) is 73.8 Å². The molecule has 3 heteroatoms. The first kappa shape index (κ1) is 32.7. The molecule has 54 heavy (non-hydrogen) atoms. The predicted octanol–water partition coefficient (Wildman–Crippen LogP) is 13.2. The first-order chi connectivity index (χ1) is 26.7. The van der Waals surface area contributed by atoms with Crippen molar-refractivity contribution >= 4 is 0 Å². The van der Waals surface area contributed by atoms with E-state index in [1.54, 1.807) is 0 Å². The normalized spacial score (nSPS) is 11.0. The summed E-state index contributed by atoms with van der Waals surface area (Å²) in [7, 11) is 0. The van der Waals surface area contributed by atoms with Gasteiger partial charge in [0.15, 0.2) is 17.5 Å². The van der Waals surface area contributed by atoms with E-state index in [1.165, 1.54) is 16.7 Å². The van der Waals surface area contributed by atoms with Crippen molar-refractivity contribution in [2.75, 3.05) is 0 Å². The van der Waals surface area contributed by atoms with E-state index in [0.717, 1.165) is 55.6 Å². The van der Waals surface area contributed by atoms with Crippen molar-refractivity contribution in [2.45, 2.75) is 0 Å². The number of rotatable bonds is 8. The summed E-state index contributed by atoms with van der Waals surface area (Å²) in [4.78, 5) is 15.7. The Bertz CT molecular complexity index is 2670. The molecule has 8 aromatic carbocycles. The van der Waals surface area contributed by atoms with E-state index in [1.807, 2.05) is 24.3 Å². The topological polar surface area (TPSA) is 38.7 Å². The third kappa shape index (κ3) is 6.87. The summed E-state index contributed by atoms with van der Waals surface area (Å²) in [5, 5.41) is 0. The average molecular weight is 690 g/mol. The Morgan fingerprint density at radius 3 is 1.07 bits per heavy atom. The molecule has 0 aliphatic heterocycles. The molecule has 0 spiro atoms. The summed E-state index contributed by atoms with van der Waals surface area (Å²) in [5.41, 5.74) is 14.1. The highest BCUT2D eigenvalue weighted by molar-refractivity contribution is 5.86. The summed E-state index contributed by atoms with van der Waals surface area (Å²) < 4.78 is 0. The Kier molecular flexibility index (Phi) is 8.94. The molecule has 9 rings (SSSR count). The third-order valence-electron chi connectivity index (χ3n) is 9.76.